The van der Waals surface area contributed by atoms with Crippen LogP contribution in [0.3, 0.4) is 0 Å². The van der Waals surface area contributed by atoms with Gasteiger partial charge in [0.25, 0.3) is 5.91 Å². The highest BCUT2D eigenvalue weighted by Gasteiger charge is 2.39. The molecule has 6 rings (SSSR count). The van der Waals surface area contributed by atoms with Crippen molar-refractivity contribution in [3.63, 3.8) is 0 Å². The minimum atomic E-state index is -0.618. The topological polar surface area (TPSA) is 100 Å². The Kier molecular flexibility index (Phi) is 4.23. The lowest BCUT2D eigenvalue weighted by Gasteiger charge is -2.29. The molecule has 0 aliphatic carbocycles. The molecule has 3 amide bonds. The summed E-state index contributed by atoms with van der Waals surface area (Å²) in [4.78, 5) is 41.6. The number of amides is 3. The van der Waals surface area contributed by atoms with Crippen LogP contribution in [0.25, 0.3) is 33.3 Å². The first kappa shape index (κ1) is 19.5. The fourth-order valence-electron chi connectivity index (χ4n) is 4.93. The number of carbonyl (C=O) groups is 3. The number of aromatic amines is 1. The van der Waals surface area contributed by atoms with Crippen LogP contribution in [-0.4, -0.2) is 43.4 Å². The molecular weight excluding hydrogens is 418 g/mol. The van der Waals surface area contributed by atoms with E-state index in [-0.39, 0.29) is 18.2 Å². The van der Waals surface area contributed by atoms with Crippen molar-refractivity contribution in [1.29, 1.82) is 0 Å². The number of hydrogen-bond donors (Lipinski definition) is 2. The molecule has 164 valence electrons. The van der Waals surface area contributed by atoms with E-state index in [1.54, 1.807) is 4.90 Å². The molecule has 2 aromatic carbocycles. The molecule has 4 heterocycles. The largest absolute Gasteiger partial charge is 0.361 e. The maximum atomic E-state index is 13.0. The van der Waals surface area contributed by atoms with Crippen molar-refractivity contribution in [2.24, 2.45) is 7.05 Å². The maximum absolute atomic E-state index is 13.0. The number of carbonyl (C=O) groups excluding carboxylic acids is 3. The van der Waals surface area contributed by atoms with Gasteiger partial charge in [-0.15, -0.1) is 0 Å². The highest BCUT2D eigenvalue weighted by atomic mass is 16.2. The Morgan fingerprint density at radius 2 is 1.85 bits per heavy atom. The number of aromatic nitrogens is 3. The summed E-state index contributed by atoms with van der Waals surface area (Å²) in [5.74, 6) is -0.859. The van der Waals surface area contributed by atoms with Crippen LogP contribution in [0.2, 0.25) is 0 Å². The number of aryl methyl sites for hydroxylation is 1. The standard InChI is InChI=1S/C25H21N5O3/c1-29-23(16-3-5-20-15(11-16)8-9-26-20)19(12-27-29)14-2-4-18-17(10-14)13-30(25(18)33)21-6-7-22(31)28-24(21)32/h2-5,8-12,21,26H,6-7,13H2,1H3,(H,28,31,32). The number of rotatable bonds is 3. The molecule has 1 unspecified atom stereocenters. The van der Waals surface area contributed by atoms with Crippen molar-refractivity contribution < 1.29 is 14.4 Å². The summed E-state index contributed by atoms with van der Waals surface area (Å²) in [5, 5.41) is 7.97. The van der Waals surface area contributed by atoms with E-state index in [0.29, 0.717) is 18.5 Å². The summed E-state index contributed by atoms with van der Waals surface area (Å²) < 4.78 is 1.86. The van der Waals surface area contributed by atoms with Gasteiger partial charge in [0.05, 0.1) is 11.9 Å². The number of nitrogens with zero attached hydrogens (tertiary/aromatic N) is 3. The minimum Gasteiger partial charge on any atom is -0.361 e. The molecule has 1 fully saturated rings. The molecule has 4 aromatic rings. The predicted molar refractivity (Wildman–Crippen MR) is 122 cm³/mol. The summed E-state index contributed by atoms with van der Waals surface area (Å²) in [6.45, 7) is 0.346. The van der Waals surface area contributed by atoms with Gasteiger partial charge in [0.15, 0.2) is 0 Å². The van der Waals surface area contributed by atoms with Crippen molar-refractivity contribution in [3.8, 4) is 22.4 Å². The van der Waals surface area contributed by atoms with Crippen LogP contribution in [0.4, 0.5) is 0 Å². The molecule has 0 spiro atoms. The van der Waals surface area contributed by atoms with Gasteiger partial charge < -0.3 is 9.88 Å². The Morgan fingerprint density at radius 1 is 1.00 bits per heavy atom. The van der Waals surface area contributed by atoms with E-state index in [4.69, 9.17) is 0 Å². The van der Waals surface area contributed by atoms with Crippen LogP contribution in [0.15, 0.2) is 54.9 Å². The number of imide groups is 1. The molecule has 0 saturated carbocycles. The first-order valence-electron chi connectivity index (χ1n) is 10.9. The van der Waals surface area contributed by atoms with Crippen LogP contribution in [0, 0.1) is 0 Å². The van der Waals surface area contributed by atoms with E-state index in [0.717, 1.165) is 38.9 Å². The molecule has 33 heavy (non-hydrogen) atoms. The van der Waals surface area contributed by atoms with Crippen LogP contribution in [0.1, 0.15) is 28.8 Å². The van der Waals surface area contributed by atoms with E-state index in [1.165, 1.54) is 0 Å². The van der Waals surface area contributed by atoms with Gasteiger partial charge in [0.2, 0.25) is 11.8 Å². The lowest BCUT2D eigenvalue weighted by atomic mass is 9.97. The summed E-state index contributed by atoms with van der Waals surface area (Å²) in [5.41, 5.74) is 6.53. The smallest absolute Gasteiger partial charge is 0.255 e. The fourth-order valence-corrected chi connectivity index (χ4v) is 4.93. The zero-order chi connectivity index (χ0) is 22.7. The van der Waals surface area contributed by atoms with Crippen molar-refractivity contribution in [1.82, 2.24) is 25.0 Å². The molecule has 2 aliphatic rings. The van der Waals surface area contributed by atoms with Gasteiger partial charge in [-0.1, -0.05) is 12.1 Å². The second-order valence-corrected chi connectivity index (χ2v) is 8.58. The molecule has 0 radical (unpaired) electrons. The van der Waals surface area contributed by atoms with Crippen molar-refractivity contribution in [3.05, 3.63) is 66.0 Å². The first-order valence-corrected chi connectivity index (χ1v) is 10.9. The van der Waals surface area contributed by atoms with Gasteiger partial charge in [0.1, 0.15) is 6.04 Å². The van der Waals surface area contributed by atoms with Crippen LogP contribution >= 0.6 is 0 Å². The van der Waals surface area contributed by atoms with Crippen LogP contribution in [-0.2, 0) is 23.2 Å². The van der Waals surface area contributed by atoms with Gasteiger partial charge in [-0.2, -0.15) is 5.10 Å². The summed E-state index contributed by atoms with van der Waals surface area (Å²) in [6.07, 6.45) is 4.36. The second-order valence-electron chi connectivity index (χ2n) is 8.58. The van der Waals surface area contributed by atoms with Gasteiger partial charge >= 0.3 is 0 Å². The van der Waals surface area contributed by atoms with Gasteiger partial charge in [-0.25, -0.2) is 0 Å². The molecular formula is C25H21N5O3. The minimum absolute atomic E-state index is 0.171. The molecule has 1 atom stereocenters. The molecule has 0 bridgehead atoms. The molecule has 2 aliphatic heterocycles. The molecule has 8 heteroatoms. The number of hydrogen-bond acceptors (Lipinski definition) is 4. The van der Waals surface area contributed by atoms with Gasteiger partial charge in [-0.05, 0) is 47.9 Å². The highest BCUT2D eigenvalue weighted by molar-refractivity contribution is 6.05. The third-order valence-corrected chi connectivity index (χ3v) is 6.60. The first-order chi connectivity index (χ1) is 16.0. The third kappa shape index (κ3) is 3.06. The summed E-state index contributed by atoms with van der Waals surface area (Å²) in [6, 6.07) is 13.4. The Morgan fingerprint density at radius 3 is 2.70 bits per heavy atom. The van der Waals surface area contributed by atoms with Gasteiger partial charge in [0, 0.05) is 53.8 Å². The molecule has 2 N–H and O–H groups in total. The van der Waals surface area contributed by atoms with E-state index < -0.39 is 11.9 Å². The van der Waals surface area contributed by atoms with E-state index >= 15 is 0 Å². The van der Waals surface area contributed by atoms with Crippen molar-refractivity contribution in [2.75, 3.05) is 0 Å². The van der Waals surface area contributed by atoms with E-state index in [1.807, 2.05) is 48.4 Å². The monoisotopic (exact) mass is 439 g/mol. The zero-order valence-electron chi connectivity index (χ0n) is 18.0. The predicted octanol–water partition coefficient (Wildman–Crippen LogP) is 3.00. The zero-order valence-corrected chi connectivity index (χ0v) is 18.0. The number of nitrogens with one attached hydrogen (secondary N) is 2. The average Bonchev–Trinajstić information content (AvgIpc) is 3.50. The third-order valence-electron chi connectivity index (χ3n) is 6.60. The number of fused-ring (bicyclic) bond motifs is 2. The molecule has 1 saturated heterocycles. The Balaban J connectivity index is 1.36. The van der Waals surface area contributed by atoms with Crippen molar-refractivity contribution >= 4 is 28.6 Å². The van der Waals surface area contributed by atoms with Crippen LogP contribution in [0.5, 0.6) is 0 Å². The number of benzene rings is 2. The Bertz CT molecular complexity index is 1460. The van der Waals surface area contributed by atoms with Crippen LogP contribution < -0.4 is 5.32 Å². The SMILES string of the molecule is Cn1ncc(-c2ccc3c(c2)CN(C2CCC(=O)NC2=O)C3=O)c1-c1ccc2[nH]ccc2c1. The Labute approximate surface area is 189 Å². The van der Waals surface area contributed by atoms with Gasteiger partial charge in [-0.3, -0.25) is 24.4 Å². The quantitative estimate of drug-likeness (QED) is 0.479. The second kappa shape index (κ2) is 7.16. The summed E-state index contributed by atoms with van der Waals surface area (Å²) in [7, 11) is 1.92. The number of piperidine rings is 1. The lowest BCUT2D eigenvalue weighted by molar-refractivity contribution is -0.136. The highest BCUT2D eigenvalue weighted by Crippen LogP contribution is 2.36. The number of H-pyrrole nitrogens is 1. The fraction of sp³-hybridized carbons (Fsp3) is 0.200. The Hall–Kier alpha value is -4.20. The maximum Gasteiger partial charge on any atom is 0.255 e. The lowest BCUT2D eigenvalue weighted by Crippen LogP contribution is -2.52. The average molecular weight is 439 g/mol. The van der Waals surface area contributed by atoms with E-state index in [2.05, 4.69) is 33.6 Å². The molecule has 2 aromatic heterocycles. The van der Waals surface area contributed by atoms with E-state index in [9.17, 15) is 14.4 Å². The normalized spacial score (nSPS) is 18.2. The molecule has 8 nitrogen and oxygen atoms in total. The van der Waals surface area contributed by atoms with Crippen molar-refractivity contribution in [2.45, 2.75) is 25.4 Å². The summed E-state index contributed by atoms with van der Waals surface area (Å²) >= 11 is 0.